The number of likely N-dealkylation sites (N-methyl/N-ethyl adjacent to an activating group) is 1. The zero-order valence-electron chi connectivity index (χ0n) is 4.87. The van der Waals surface area contributed by atoms with E-state index in [-0.39, 0.29) is 12.5 Å². The van der Waals surface area contributed by atoms with Gasteiger partial charge in [0, 0.05) is 7.05 Å². The zero-order valence-corrected chi connectivity index (χ0v) is 5.68. The molecule has 0 aromatic rings. The predicted octanol–water partition coefficient (Wildman–Crippen LogP) is -0.371. The van der Waals surface area contributed by atoms with Crippen molar-refractivity contribution in [1.82, 2.24) is 9.03 Å². The summed E-state index contributed by atoms with van der Waals surface area (Å²) in [5, 5.41) is 0. The number of nitrogens with zero attached hydrogens (tertiary/aromatic N) is 1. The van der Waals surface area contributed by atoms with Crippen molar-refractivity contribution in [1.29, 1.82) is 0 Å². The van der Waals surface area contributed by atoms with Crippen molar-refractivity contribution in [3.05, 3.63) is 0 Å². The van der Waals surface area contributed by atoms with Crippen LogP contribution in [0.5, 0.6) is 0 Å². The smallest absolute Gasteiger partial charge is 0.255 e. The largest absolute Gasteiger partial charge is 0.272 e. The Balaban J connectivity index is 2.69. The van der Waals surface area contributed by atoms with Crippen molar-refractivity contribution in [3.63, 3.8) is 0 Å². The normalized spacial score (nSPS) is 29.9. The molecule has 54 valence electrons. The van der Waals surface area contributed by atoms with Gasteiger partial charge in [0.25, 0.3) is 5.91 Å². The van der Waals surface area contributed by atoms with Crippen LogP contribution in [0.3, 0.4) is 0 Å². The second-order valence-electron chi connectivity index (χ2n) is 1.83. The standard InChI is InChI=1S/C3H8N2O3S/c1-5-2-3(6)4-9(5,7)8/h7-8H,2H2,1H3,(H,4,6). The van der Waals surface area contributed by atoms with Crippen LogP contribution in [0.15, 0.2) is 0 Å². The van der Waals surface area contributed by atoms with Gasteiger partial charge >= 0.3 is 0 Å². The van der Waals surface area contributed by atoms with Gasteiger partial charge in [-0.2, -0.15) is 4.31 Å². The highest BCUT2D eigenvalue weighted by Gasteiger charge is 2.30. The van der Waals surface area contributed by atoms with Crippen molar-refractivity contribution in [3.8, 4) is 0 Å². The summed E-state index contributed by atoms with van der Waals surface area (Å²) >= 11 is 0. The highest BCUT2D eigenvalue weighted by Crippen LogP contribution is 2.40. The van der Waals surface area contributed by atoms with Crippen LogP contribution >= 0.6 is 11.0 Å². The molecular formula is C3H8N2O3S. The maximum Gasteiger partial charge on any atom is 0.255 e. The van der Waals surface area contributed by atoms with Crippen molar-refractivity contribution >= 4 is 16.9 Å². The molecule has 1 saturated heterocycles. The molecule has 0 saturated carbocycles. The first-order valence-electron chi connectivity index (χ1n) is 2.32. The number of carbonyl (C=O) groups excluding carboxylic acids is 1. The average Bonchev–Trinajstić information content (AvgIpc) is 1.79. The van der Waals surface area contributed by atoms with Gasteiger partial charge in [-0.1, -0.05) is 11.0 Å². The lowest BCUT2D eigenvalue weighted by atomic mass is 10.6. The minimum atomic E-state index is -2.94. The molecule has 6 heteroatoms. The third-order valence-corrected chi connectivity index (χ3v) is 2.55. The summed E-state index contributed by atoms with van der Waals surface area (Å²) in [4.78, 5) is 10.4. The molecule has 1 amide bonds. The Morgan fingerprint density at radius 3 is 2.44 bits per heavy atom. The second-order valence-corrected chi connectivity index (χ2v) is 3.70. The molecule has 0 bridgehead atoms. The van der Waals surface area contributed by atoms with Gasteiger partial charge in [0.2, 0.25) is 0 Å². The minimum Gasteiger partial charge on any atom is -0.272 e. The van der Waals surface area contributed by atoms with Gasteiger partial charge in [-0.05, 0) is 0 Å². The van der Waals surface area contributed by atoms with Crippen LogP contribution in [0.25, 0.3) is 0 Å². The molecule has 0 atom stereocenters. The molecule has 1 fully saturated rings. The van der Waals surface area contributed by atoms with Crippen LogP contribution in [0.4, 0.5) is 0 Å². The predicted molar refractivity (Wildman–Crippen MR) is 33.6 cm³/mol. The van der Waals surface area contributed by atoms with E-state index in [0.29, 0.717) is 0 Å². The highest BCUT2D eigenvalue weighted by atomic mass is 32.3. The van der Waals surface area contributed by atoms with Crippen LogP contribution in [0.1, 0.15) is 0 Å². The Morgan fingerprint density at radius 2 is 2.33 bits per heavy atom. The second kappa shape index (κ2) is 1.84. The molecule has 1 aliphatic rings. The van der Waals surface area contributed by atoms with Crippen molar-refractivity contribution in [2.45, 2.75) is 0 Å². The molecule has 1 rings (SSSR count). The fourth-order valence-corrected chi connectivity index (χ4v) is 1.38. The first kappa shape index (κ1) is 6.81. The molecule has 5 nitrogen and oxygen atoms in total. The van der Waals surface area contributed by atoms with E-state index in [1.807, 2.05) is 4.72 Å². The number of rotatable bonds is 0. The van der Waals surface area contributed by atoms with E-state index in [9.17, 15) is 4.79 Å². The molecule has 0 aromatic carbocycles. The van der Waals surface area contributed by atoms with E-state index >= 15 is 0 Å². The van der Waals surface area contributed by atoms with Crippen molar-refractivity contribution in [2.75, 3.05) is 13.6 Å². The molecule has 0 spiro atoms. The van der Waals surface area contributed by atoms with Crippen LogP contribution in [-0.2, 0) is 4.79 Å². The monoisotopic (exact) mass is 152 g/mol. The van der Waals surface area contributed by atoms with Gasteiger partial charge in [-0.25, -0.2) is 4.72 Å². The maximum atomic E-state index is 10.4. The Bertz CT molecular complexity index is 148. The third kappa shape index (κ3) is 1.16. The van der Waals surface area contributed by atoms with Gasteiger partial charge in [-0.15, -0.1) is 0 Å². The Kier molecular flexibility index (Phi) is 1.39. The number of amides is 1. The summed E-state index contributed by atoms with van der Waals surface area (Å²) in [7, 11) is -1.47. The van der Waals surface area contributed by atoms with E-state index in [4.69, 9.17) is 9.11 Å². The van der Waals surface area contributed by atoms with E-state index in [0.717, 1.165) is 0 Å². The van der Waals surface area contributed by atoms with Crippen LogP contribution in [0.2, 0.25) is 0 Å². The maximum absolute atomic E-state index is 10.4. The Morgan fingerprint density at radius 1 is 1.78 bits per heavy atom. The molecular weight excluding hydrogens is 144 g/mol. The van der Waals surface area contributed by atoms with E-state index < -0.39 is 11.0 Å². The van der Waals surface area contributed by atoms with Gasteiger partial charge in [0.1, 0.15) is 0 Å². The van der Waals surface area contributed by atoms with Gasteiger partial charge < -0.3 is 0 Å². The van der Waals surface area contributed by atoms with Gasteiger partial charge in [0.15, 0.2) is 0 Å². The Hall–Kier alpha value is -0.300. The molecule has 0 unspecified atom stereocenters. The average molecular weight is 152 g/mol. The summed E-state index contributed by atoms with van der Waals surface area (Å²) < 4.78 is 20.9. The summed E-state index contributed by atoms with van der Waals surface area (Å²) in [6.07, 6.45) is 0. The molecule has 0 aliphatic carbocycles. The van der Waals surface area contributed by atoms with Crippen molar-refractivity contribution in [2.24, 2.45) is 0 Å². The quantitative estimate of drug-likeness (QED) is 0.442. The summed E-state index contributed by atoms with van der Waals surface area (Å²) in [6.45, 7) is 0.0579. The molecule has 3 N–H and O–H groups in total. The summed E-state index contributed by atoms with van der Waals surface area (Å²) in [5.74, 6) is -0.350. The van der Waals surface area contributed by atoms with Gasteiger partial charge in [-0.3, -0.25) is 13.9 Å². The molecule has 9 heavy (non-hydrogen) atoms. The SMILES string of the molecule is CN1CC(=O)NS1(O)O. The Labute approximate surface area is 54.3 Å². The molecule has 1 heterocycles. The number of nitrogens with one attached hydrogen (secondary N) is 1. The van der Waals surface area contributed by atoms with E-state index in [2.05, 4.69) is 0 Å². The minimum absolute atomic E-state index is 0.0579. The summed E-state index contributed by atoms with van der Waals surface area (Å²) in [5.41, 5.74) is 0. The number of carbonyl (C=O) groups is 1. The van der Waals surface area contributed by atoms with Gasteiger partial charge in [0.05, 0.1) is 6.54 Å². The lowest BCUT2D eigenvalue weighted by Crippen LogP contribution is -2.21. The van der Waals surface area contributed by atoms with Crippen molar-refractivity contribution < 1.29 is 13.9 Å². The van der Waals surface area contributed by atoms with Crippen LogP contribution in [0, 0.1) is 0 Å². The molecule has 1 aliphatic heterocycles. The van der Waals surface area contributed by atoms with Crippen LogP contribution < -0.4 is 4.72 Å². The lowest BCUT2D eigenvalue weighted by Gasteiger charge is -2.31. The number of hydrogen-bond acceptors (Lipinski definition) is 4. The van der Waals surface area contributed by atoms with E-state index in [1.54, 1.807) is 0 Å². The molecule has 0 aromatic heterocycles. The topological polar surface area (TPSA) is 72.8 Å². The van der Waals surface area contributed by atoms with E-state index in [1.165, 1.54) is 11.4 Å². The highest BCUT2D eigenvalue weighted by molar-refractivity contribution is 8.21. The fraction of sp³-hybridized carbons (Fsp3) is 0.667. The lowest BCUT2D eigenvalue weighted by molar-refractivity contribution is -0.118. The first-order valence-corrected chi connectivity index (χ1v) is 3.83. The molecule has 0 radical (unpaired) electrons. The third-order valence-electron chi connectivity index (χ3n) is 1.05. The zero-order chi connectivity index (χ0) is 7.07. The van der Waals surface area contributed by atoms with Crippen LogP contribution in [-0.4, -0.2) is 32.9 Å². The fourth-order valence-electron chi connectivity index (χ4n) is 0.555. The first-order chi connectivity index (χ1) is 4.02. The summed E-state index contributed by atoms with van der Waals surface area (Å²) in [6, 6.07) is 0. The number of hydrogen-bond donors (Lipinski definition) is 3.